The van der Waals surface area contributed by atoms with Crippen LogP contribution in [0, 0.1) is 11.6 Å². The van der Waals surface area contributed by atoms with Crippen molar-refractivity contribution >= 4 is 15.9 Å². The summed E-state index contributed by atoms with van der Waals surface area (Å²) in [6.07, 6.45) is 3.03. The molecule has 0 saturated carbocycles. The molecule has 6 heteroatoms. The average molecular weight is 358 g/mol. The number of hydrogen-bond acceptors (Lipinski definition) is 2. The summed E-state index contributed by atoms with van der Waals surface area (Å²) in [4.78, 5) is 0. The lowest BCUT2D eigenvalue weighted by Gasteiger charge is -2.20. The van der Waals surface area contributed by atoms with Gasteiger partial charge in [0.1, 0.15) is 0 Å². The second-order valence-corrected chi connectivity index (χ2v) is 5.78. The van der Waals surface area contributed by atoms with Crippen LogP contribution >= 0.6 is 15.9 Å². The largest absolute Gasteiger partial charge is 0.308 e. The molecule has 1 unspecified atom stereocenters. The van der Waals surface area contributed by atoms with Gasteiger partial charge in [0.05, 0.1) is 22.4 Å². The van der Waals surface area contributed by atoms with Gasteiger partial charge in [-0.2, -0.15) is 5.10 Å². The Bertz CT molecular complexity index is 593. The van der Waals surface area contributed by atoms with E-state index in [4.69, 9.17) is 0 Å². The van der Waals surface area contributed by atoms with Crippen LogP contribution in [0.1, 0.15) is 30.6 Å². The summed E-state index contributed by atoms with van der Waals surface area (Å²) < 4.78 is 29.9. The van der Waals surface area contributed by atoms with Crippen molar-refractivity contribution in [3.8, 4) is 0 Å². The highest BCUT2D eigenvalue weighted by Gasteiger charge is 2.21. The molecule has 0 aliphatic carbocycles. The number of nitrogens with zero attached hydrogens (tertiary/aromatic N) is 2. The third kappa shape index (κ3) is 3.68. The van der Waals surface area contributed by atoms with Gasteiger partial charge in [0, 0.05) is 7.05 Å². The van der Waals surface area contributed by atoms with Crippen LogP contribution in [0.25, 0.3) is 0 Å². The van der Waals surface area contributed by atoms with Gasteiger partial charge in [-0.15, -0.1) is 0 Å². The Labute approximate surface area is 131 Å². The molecule has 3 nitrogen and oxygen atoms in total. The van der Waals surface area contributed by atoms with E-state index in [9.17, 15) is 8.78 Å². The van der Waals surface area contributed by atoms with Crippen LogP contribution in [0.2, 0.25) is 0 Å². The second kappa shape index (κ2) is 7.13. The fourth-order valence-corrected chi connectivity index (χ4v) is 2.95. The Morgan fingerprint density at radius 1 is 1.38 bits per heavy atom. The second-order valence-electron chi connectivity index (χ2n) is 4.93. The maximum atomic E-state index is 13.9. The first-order valence-corrected chi connectivity index (χ1v) is 7.67. The first-order valence-electron chi connectivity index (χ1n) is 6.88. The van der Waals surface area contributed by atoms with E-state index in [1.54, 1.807) is 16.9 Å². The molecule has 0 amide bonds. The minimum Gasteiger partial charge on any atom is -0.308 e. The van der Waals surface area contributed by atoms with Gasteiger partial charge in [0.2, 0.25) is 0 Å². The number of aromatic nitrogens is 2. The van der Waals surface area contributed by atoms with Gasteiger partial charge >= 0.3 is 0 Å². The molecule has 1 N–H and O–H groups in total. The molecule has 0 spiro atoms. The summed E-state index contributed by atoms with van der Waals surface area (Å²) in [5.41, 5.74) is 1.28. The molecule has 0 bridgehead atoms. The lowest BCUT2D eigenvalue weighted by Crippen LogP contribution is -2.27. The fourth-order valence-electron chi connectivity index (χ4n) is 2.32. The zero-order valence-corrected chi connectivity index (χ0v) is 13.6. The molecular formula is C15H18BrF2N3. The van der Waals surface area contributed by atoms with Crippen LogP contribution in [0.3, 0.4) is 0 Å². The lowest BCUT2D eigenvalue weighted by molar-refractivity contribution is 0.462. The molecule has 1 heterocycles. The summed E-state index contributed by atoms with van der Waals surface area (Å²) in [7, 11) is 1.84. The molecule has 1 aromatic heterocycles. The van der Waals surface area contributed by atoms with Gasteiger partial charge in [-0.1, -0.05) is 19.1 Å². The molecule has 2 rings (SSSR count). The minimum absolute atomic E-state index is 0.136. The summed E-state index contributed by atoms with van der Waals surface area (Å²) in [5, 5.41) is 7.56. The van der Waals surface area contributed by atoms with Gasteiger partial charge in [-0.25, -0.2) is 8.78 Å². The Morgan fingerprint density at radius 3 is 2.76 bits per heavy atom. The van der Waals surface area contributed by atoms with E-state index in [0.717, 1.165) is 29.2 Å². The van der Waals surface area contributed by atoms with Crippen molar-refractivity contribution in [1.29, 1.82) is 0 Å². The van der Waals surface area contributed by atoms with Crippen molar-refractivity contribution in [1.82, 2.24) is 15.1 Å². The van der Waals surface area contributed by atoms with Crippen LogP contribution in [0.4, 0.5) is 8.78 Å². The van der Waals surface area contributed by atoms with Crippen LogP contribution < -0.4 is 5.32 Å². The van der Waals surface area contributed by atoms with Crippen LogP contribution in [-0.2, 0) is 13.5 Å². The minimum atomic E-state index is -0.814. The Morgan fingerprint density at radius 2 is 2.14 bits per heavy atom. The molecule has 0 fully saturated rings. The van der Waals surface area contributed by atoms with Crippen LogP contribution in [-0.4, -0.2) is 16.3 Å². The molecule has 1 aromatic carbocycles. The highest BCUT2D eigenvalue weighted by molar-refractivity contribution is 9.10. The smallest absolute Gasteiger partial charge is 0.162 e. The number of hydrogen-bond donors (Lipinski definition) is 1. The van der Waals surface area contributed by atoms with Crippen molar-refractivity contribution in [3.63, 3.8) is 0 Å². The maximum absolute atomic E-state index is 13.9. The van der Waals surface area contributed by atoms with Crippen molar-refractivity contribution in [2.75, 3.05) is 6.54 Å². The zero-order chi connectivity index (χ0) is 15.4. The van der Waals surface area contributed by atoms with Crippen molar-refractivity contribution < 1.29 is 8.78 Å². The predicted octanol–water partition coefficient (Wildman–Crippen LogP) is 3.74. The van der Waals surface area contributed by atoms with Crippen LogP contribution in [0.5, 0.6) is 0 Å². The average Bonchev–Trinajstić information content (AvgIpc) is 2.79. The molecule has 0 saturated heterocycles. The van der Waals surface area contributed by atoms with Crippen molar-refractivity contribution in [3.05, 3.63) is 51.8 Å². The highest BCUT2D eigenvalue weighted by Crippen LogP contribution is 2.27. The summed E-state index contributed by atoms with van der Waals surface area (Å²) >= 11 is 3.46. The van der Waals surface area contributed by atoms with Gasteiger partial charge in [0.15, 0.2) is 11.6 Å². The first kappa shape index (κ1) is 16.1. The van der Waals surface area contributed by atoms with Crippen molar-refractivity contribution in [2.24, 2.45) is 7.05 Å². The predicted molar refractivity (Wildman–Crippen MR) is 82.0 cm³/mol. The van der Waals surface area contributed by atoms with E-state index in [-0.39, 0.29) is 6.04 Å². The molecule has 114 valence electrons. The van der Waals surface area contributed by atoms with Crippen molar-refractivity contribution in [2.45, 2.75) is 25.8 Å². The van der Waals surface area contributed by atoms with E-state index < -0.39 is 11.6 Å². The van der Waals surface area contributed by atoms with Gasteiger partial charge < -0.3 is 5.32 Å². The summed E-state index contributed by atoms with van der Waals surface area (Å²) in [6.45, 7) is 2.85. The quantitative estimate of drug-likeness (QED) is 0.853. The van der Waals surface area contributed by atoms with E-state index >= 15 is 0 Å². The Kier molecular flexibility index (Phi) is 5.47. The van der Waals surface area contributed by atoms with E-state index in [1.165, 1.54) is 6.07 Å². The standard InChI is InChI=1S/C15H18BrF2N3/c1-3-7-19-13(15-11(16)9-20-21(15)2)8-10-5-4-6-12(17)14(10)18/h4-6,9,13,19H,3,7-8H2,1-2H3. The Hall–Kier alpha value is -1.27. The molecule has 0 aliphatic rings. The first-order chi connectivity index (χ1) is 10.0. The number of halogens is 3. The molecular weight excluding hydrogens is 340 g/mol. The monoisotopic (exact) mass is 357 g/mol. The van der Waals surface area contributed by atoms with E-state index in [0.29, 0.717) is 12.0 Å². The van der Waals surface area contributed by atoms with Crippen LogP contribution in [0.15, 0.2) is 28.9 Å². The molecule has 0 radical (unpaired) electrons. The molecule has 2 aromatic rings. The van der Waals surface area contributed by atoms with Gasteiger partial charge in [-0.05, 0) is 46.9 Å². The third-order valence-corrected chi connectivity index (χ3v) is 3.98. The van der Waals surface area contributed by atoms with Gasteiger partial charge in [0.25, 0.3) is 0 Å². The maximum Gasteiger partial charge on any atom is 0.162 e. The summed E-state index contributed by atoms with van der Waals surface area (Å²) in [5.74, 6) is -1.59. The van der Waals surface area contributed by atoms with E-state index in [2.05, 4.69) is 33.3 Å². The molecule has 0 aliphatic heterocycles. The highest BCUT2D eigenvalue weighted by atomic mass is 79.9. The molecule has 21 heavy (non-hydrogen) atoms. The molecule has 1 atom stereocenters. The number of benzene rings is 1. The number of rotatable bonds is 6. The third-order valence-electron chi connectivity index (χ3n) is 3.36. The zero-order valence-electron chi connectivity index (χ0n) is 12.0. The fraction of sp³-hybridized carbons (Fsp3) is 0.400. The normalized spacial score (nSPS) is 12.6. The topological polar surface area (TPSA) is 29.9 Å². The van der Waals surface area contributed by atoms with E-state index in [1.807, 2.05) is 7.05 Å². The van der Waals surface area contributed by atoms with Gasteiger partial charge in [-0.3, -0.25) is 4.68 Å². The Balaban J connectivity index is 2.31. The lowest BCUT2D eigenvalue weighted by atomic mass is 10.0. The SMILES string of the molecule is CCCNC(Cc1cccc(F)c1F)c1c(Br)cnn1C. The number of aryl methyl sites for hydroxylation is 1. The summed E-state index contributed by atoms with van der Waals surface area (Å²) in [6, 6.07) is 4.14. The number of nitrogens with one attached hydrogen (secondary N) is 1.